The van der Waals surface area contributed by atoms with Gasteiger partial charge in [-0.3, -0.25) is 4.98 Å². The molecule has 0 spiro atoms. The second kappa shape index (κ2) is 4.60. The Labute approximate surface area is 97.9 Å². The van der Waals surface area contributed by atoms with E-state index in [0.717, 1.165) is 5.56 Å². The first-order chi connectivity index (χ1) is 7.70. The van der Waals surface area contributed by atoms with E-state index in [1.807, 2.05) is 6.07 Å². The summed E-state index contributed by atoms with van der Waals surface area (Å²) >= 11 is 5.83. The first-order valence-corrected chi connectivity index (χ1v) is 5.18. The highest BCUT2D eigenvalue weighted by Crippen LogP contribution is 2.25. The molecule has 16 heavy (non-hydrogen) atoms. The SMILES string of the molecule is NCc1cncc(-c2cc(Cl)ccc2F)c1. The normalized spacial score (nSPS) is 10.4. The van der Waals surface area contributed by atoms with Crippen LogP contribution in [0.2, 0.25) is 5.02 Å². The Morgan fingerprint density at radius 1 is 1.25 bits per heavy atom. The fraction of sp³-hybridized carbons (Fsp3) is 0.0833. The molecule has 2 N–H and O–H groups in total. The van der Waals surface area contributed by atoms with Gasteiger partial charge in [-0.1, -0.05) is 11.6 Å². The molecule has 0 aliphatic heterocycles. The third-order valence-electron chi connectivity index (χ3n) is 2.27. The second-order valence-corrected chi connectivity index (χ2v) is 3.85. The van der Waals surface area contributed by atoms with Crippen LogP contribution in [-0.4, -0.2) is 4.98 Å². The van der Waals surface area contributed by atoms with E-state index in [2.05, 4.69) is 4.98 Å². The third kappa shape index (κ3) is 2.21. The minimum Gasteiger partial charge on any atom is -0.326 e. The van der Waals surface area contributed by atoms with Crippen molar-refractivity contribution in [2.45, 2.75) is 6.54 Å². The van der Waals surface area contributed by atoms with Gasteiger partial charge in [0.25, 0.3) is 0 Å². The Hall–Kier alpha value is -1.45. The molecular weight excluding hydrogens is 227 g/mol. The Morgan fingerprint density at radius 2 is 2.06 bits per heavy atom. The van der Waals surface area contributed by atoms with Crippen LogP contribution < -0.4 is 5.73 Å². The fourth-order valence-electron chi connectivity index (χ4n) is 1.47. The van der Waals surface area contributed by atoms with Gasteiger partial charge in [-0.15, -0.1) is 0 Å². The Balaban J connectivity index is 2.53. The number of rotatable bonds is 2. The van der Waals surface area contributed by atoms with E-state index in [1.165, 1.54) is 12.1 Å². The zero-order valence-corrected chi connectivity index (χ0v) is 9.21. The largest absolute Gasteiger partial charge is 0.326 e. The van der Waals surface area contributed by atoms with E-state index >= 15 is 0 Å². The topological polar surface area (TPSA) is 38.9 Å². The first kappa shape index (κ1) is 11.0. The van der Waals surface area contributed by atoms with Crippen LogP contribution in [0.15, 0.2) is 36.7 Å². The van der Waals surface area contributed by atoms with E-state index in [-0.39, 0.29) is 5.82 Å². The maximum atomic E-state index is 13.6. The highest BCUT2D eigenvalue weighted by molar-refractivity contribution is 6.30. The zero-order chi connectivity index (χ0) is 11.5. The summed E-state index contributed by atoms with van der Waals surface area (Å²) in [7, 11) is 0. The Morgan fingerprint density at radius 3 is 2.81 bits per heavy atom. The van der Waals surface area contributed by atoms with Gasteiger partial charge in [0, 0.05) is 35.1 Å². The number of aromatic nitrogens is 1. The summed E-state index contributed by atoms with van der Waals surface area (Å²) in [6.07, 6.45) is 3.25. The van der Waals surface area contributed by atoms with Crippen LogP contribution in [0, 0.1) is 5.82 Å². The second-order valence-electron chi connectivity index (χ2n) is 3.41. The average Bonchev–Trinajstić information content (AvgIpc) is 2.32. The predicted octanol–water partition coefficient (Wildman–Crippen LogP) is 3.00. The maximum absolute atomic E-state index is 13.6. The monoisotopic (exact) mass is 236 g/mol. The van der Waals surface area contributed by atoms with Gasteiger partial charge < -0.3 is 5.73 Å². The Bertz CT molecular complexity index is 514. The van der Waals surface area contributed by atoms with Crippen LogP contribution in [0.25, 0.3) is 11.1 Å². The minimum absolute atomic E-state index is 0.319. The summed E-state index contributed by atoms with van der Waals surface area (Å²) in [6.45, 7) is 0.378. The van der Waals surface area contributed by atoms with Crippen molar-refractivity contribution in [3.8, 4) is 11.1 Å². The lowest BCUT2D eigenvalue weighted by molar-refractivity contribution is 0.631. The highest BCUT2D eigenvalue weighted by Gasteiger charge is 2.06. The summed E-state index contributed by atoms with van der Waals surface area (Å²) < 4.78 is 13.6. The summed E-state index contributed by atoms with van der Waals surface area (Å²) in [5, 5.41) is 0.495. The maximum Gasteiger partial charge on any atom is 0.131 e. The standard InChI is InChI=1S/C12H10ClFN2/c13-10-1-2-12(14)11(4-10)9-3-8(5-15)6-16-7-9/h1-4,6-7H,5,15H2. The molecule has 82 valence electrons. The molecule has 1 heterocycles. The van der Waals surface area contributed by atoms with Gasteiger partial charge >= 0.3 is 0 Å². The molecule has 0 saturated carbocycles. The third-order valence-corrected chi connectivity index (χ3v) is 2.51. The van der Waals surface area contributed by atoms with Crippen molar-refractivity contribution < 1.29 is 4.39 Å². The molecule has 0 saturated heterocycles. The van der Waals surface area contributed by atoms with Crippen molar-refractivity contribution in [2.24, 2.45) is 5.73 Å². The molecular formula is C12H10ClFN2. The van der Waals surface area contributed by atoms with E-state index < -0.39 is 0 Å². The molecule has 1 aromatic carbocycles. The molecule has 0 fully saturated rings. The summed E-state index contributed by atoms with van der Waals surface area (Å²) in [6, 6.07) is 6.24. The van der Waals surface area contributed by atoms with Crippen LogP contribution in [-0.2, 0) is 6.54 Å². The van der Waals surface area contributed by atoms with E-state index in [4.69, 9.17) is 17.3 Å². The van der Waals surface area contributed by atoms with Crippen LogP contribution in [0.4, 0.5) is 4.39 Å². The van der Waals surface area contributed by atoms with Crippen LogP contribution in [0.5, 0.6) is 0 Å². The highest BCUT2D eigenvalue weighted by atomic mass is 35.5. The molecule has 2 rings (SSSR count). The molecule has 1 aromatic heterocycles. The van der Waals surface area contributed by atoms with Crippen molar-refractivity contribution >= 4 is 11.6 Å². The number of halogens is 2. The molecule has 0 amide bonds. The molecule has 0 aliphatic carbocycles. The number of pyridine rings is 1. The summed E-state index contributed by atoms with van der Waals surface area (Å²) in [5.41, 5.74) is 7.49. The van der Waals surface area contributed by atoms with Gasteiger partial charge in [-0.05, 0) is 29.8 Å². The van der Waals surface area contributed by atoms with Gasteiger partial charge in [0.1, 0.15) is 5.82 Å². The van der Waals surface area contributed by atoms with E-state index in [9.17, 15) is 4.39 Å². The van der Waals surface area contributed by atoms with E-state index in [0.29, 0.717) is 22.7 Å². The number of nitrogens with zero attached hydrogens (tertiary/aromatic N) is 1. The molecule has 0 atom stereocenters. The molecule has 0 bridgehead atoms. The molecule has 0 aliphatic rings. The van der Waals surface area contributed by atoms with Crippen molar-refractivity contribution in [1.29, 1.82) is 0 Å². The smallest absolute Gasteiger partial charge is 0.131 e. The van der Waals surface area contributed by atoms with Gasteiger partial charge in [0.15, 0.2) is 0 Å². The average molecular weight is 237 g/mol. The van der Waals surface area contributed by atoms with Gasteiger partial charge in [-0.2, -0.15) is 0 Å². The van der Waals surface area contributed by atoms with Crippen molar-refractivity contribution in [3.63, 3.8) is 0 Å². The number of hydrogen-bond acceptors (Lipinski definition) is 2. The lowest BCUT2D eigenvalue weighted by atomic mass is 10.1. The molecule has 2 aromatic rings. The minimum atomic E-state index is -0.319. The van der Waals surface area contributed by atoms with Gasteiger partial charge in [0.2, 0.25) is 0 Å². The van der Waals surface area contributed by atoms with Gasteiger partial charge in [-0.25, -0.2) is 4.39 Å². The number of benzene rings is 1. The van der Waals surface area contributed by atoms with Crippen molar-refractivity contribution in [2.75, 3.05) is 0 Å². The van der Waals surface area contributed by atoms with E-state index in [1.54, 1.807) is 18.5 Å². The number of nitrogens with two attached hydrogens (primary N) is 1. The predicted molar refractivity (Wildman–Crippen MR) is 62.5 cm³/mol. The zero-order valence-electron chi connectivity index (χ0n) is 8.45. The fourth-order valence-corrected chi connectivity index (χ4v) is 1.64. The summed E-state index contributed by atoms with van der Waals surface area (Å²) in [4.78, 5) is 4.01. The molecule has 4 heteroatoms. The lowest BCUT2D eigenvalue weighted by Gasteiger charge is -2.05. The molecule has 0 unspecified atom stereocenters. The quantitative estimate of drug-likeness (QED) is 0.871. The van der Waals surface area contributed by atoms with Gasteiger partial charge in [0.05, 0.1) is 0 Å². The Kier molecular flexibility index (Phi) is 3.17. The van der Waals surface area contributed by atoms with Crippen LogP contribution in [0.1, 0.15) is 5.56 Å². The summed E-state index contributed by atoms with van der Waals surface area (Å²) in [5.74, 6) is -0.319. The first-order valence-electron chi connectivity index (χ1n) is 4.80. The molecule has 2 nitrogen and oxygen atoms in total. The van der Waals surface area contributed by atoms with Crippen LogP contribution in [0.3, 0.4) is 0 Å². The lowest BCUT2D eigenvalue weighted by Crippen LogP contribution is -1.97. The van der Waals surface area contributed by atoms with Crippen molar-refractivity contribution in [1.82, 2.24) is 4.98 Å². The molecule has 0 radical (unpaired) electrons. The number of hydrogen-bond donors (Lipinski definition) is 1. The van der Waals surface area contributed by atoms with Crippen LogP contribution >= 0.6 is 11.6 Å². The van der Waals surface area contributed by atoms with Crippen molar-refractivity contribution in [3.05, 3.63) is 53.1 Å².